The fourth-order valence-corrected chi connectivity index (χ4v) is 7.50. The van der Waals surface area contributed by atoms with Gasteiger partial charge in [0.15, 0.2) is 6.23 Å². The number of carbonyl (C=O) groups excluding carboxylic acids is 1. The first kappa shape index (κ1) is 52.8. The van der Waals surface area contributed by atoms with Gasteiger partial charge in [0, 0.05) is 25.4 Å². The Morgan fingerprint density at radius 1 is 0.537 bits per heavy atom. The van der Waals surface area contributed by atoms with E-state index in [4.69, 9.17) is 4.84 Å². The average Bonchev–Trinajstić information content (AvgIpc) is 3.17. The van der Waals surface area contributed by atoms with Crippen LogP contribution in [0.15, 0.2) is 24.3 Å². The molecule has 0 aliphatic carbocycles. The van der Waals surface area contributed by atoms with Gasteiger partial charge in [-0.1, -0.05) is 193 Å². The Labute approximate surface area is 339 Å². The van der Waals surface area contributed by atoms with E-state index >= 15 is 0 Å². The summed E-state index contributed by atoms with van der Waals surface area (Å²) in [4.78, 5) is 24.7. The van der Waals surface area contributed by atoms with Crippen molar-refractivity contribution in [2.24, 2.45) is 5.92 Å². The molecule has 0 radical (unpaired) electrons. The highest BCUT2D eigenvalue weighted by Gasteiger charge is 2.30. The topological polar surface area (TPSA) is 44.8 Å². The number of rotatable bonds is 43. The van der Waals surface area contributed by atoms with Crippen LogP contribution in [0.5, 0.6) is 0 Å². The summed E-state index contributed by atoms with van der Waals surface area (Å²) >= 11 is 0. The first-order chi connectivity index (χ1) is 26.5. The Bertz CT molecular complexity index is 813. The quantitative estimate of drug-likeness (QED) is 0.0291. The molecule has 0 aliphatic heterocycles. The van der Waals surface area contributed by atoms with Crippen LogP contribution in [0.1, 0.15) is 240 Å². The van der Waals surface area contributed by atoms with E-state index in [9.17, 15) is 4.79 Å². The van der Waals surface area contributed by atoms with Gasteiger partial charge in [-0.05, 0) is 84.8 Å². The molecule has 1 amide bonds. The van der Waals surface area contributed by atoms with Crippen LogP contribution in [-0.4, -0.2) is 55.7 Å². The van der Waals surface area contributed by atoms with Gasteiger partial charge in [-0.3, -0.25) is 9.63 Å². The summed E-state index contributed by atoms with van der Waals surface area (Å²) in [7, 11) is 4.25. The van der Waals surface area contributed by atoms with Crippen molar-refractivity contribution in [2.75, 3.05) is 33.7 Å². The fraction of sp³-hybridized carbons (Fsp3) is 0.898. The van der Waals surface area contributed by atoms with Crippen molar-refractivity contribution in [1.29, 1.82) is 0 Å². The van der Waals surface area contributed by atoms with Crippen LogP contribution in [-0.2, 0) is 9.63 Å². The number of unbranched alkanes of at least 4 members (excludes halogenated alkanes) is 24. The summed E-state index contributed by atoms with van der Waals surface area (Å²) in [6, 6.07) is 0. The standard InChI is InChI=1S/C49H97N3O2/c1-7-11-14-16-18-20-22-24-26-28-30-32-34-36-38-40-44-50-54-49(47(10-4)42-13-9-3)52(46-41-45-51(5)6)48(53)43-39-37-35-33-31-29-27-25-23-21-19-17-15-12-8-2/h19,21,25,27,47,49-50H,7-18,20,22-24,26,28-46H2,1-6H3/b21-19-,27-25?. The molecule has 2 unspecified atom stereocenters. The Kier molecular flexibility index (Phi) is 42.0. The number of nitrogens with one attached hydrogen (secondary N) is 1. The van der Waals surface area contributed by atoms with E-state index in [1.807, 2.05) is 0 Å². The monoisotopic (exact) mass is 760 g/mol. The molecule has 0 aromatic heterocycles. The van der Waals surface area contributed by atoms with Crippen molar-refractivity contribution in [2.45, 2.75) is 246 Å². The molecule has 1 N–H and O–H groups in total. The van der Waals surface area contributed by atoms with Gasteiger partial charge >= 0.3 is 0 Å². The lowest BCUT2D eigenvalue weighted by molar-refractivity contribution is -0.168. The third-order valence-corrected chi connectivity index (χ3v) is 11.2. The molecule has 0 aliphatic rings. The second-order valence-electron chi connectivity index (χ2n) is 16.7. The van der Waals surface area contributed by atoms with Crippen molar-refractivity contribution in [1.82, 2.24) is 15.3 Å². The van der Waals surface area contributed by atoms with E-state index < -0.39 is 0 Å². The summed E-state index contributed by atoms with van der Waals surface area (Å²) in [5, 5.41) is 0. The zero-order valence-electron chi connectivity index (χ0n) is 37.6. The van der Waals surface area contributed by atoms with E-state index in [0.29, 0.717) is 12.3 Å². The molecule has 54 heavy (non-hydrogen) atoms. The lowest BCUT2D eigenvalue weighted by Crippen LogP contribution is -2.49. The molecular weight excluding hydrogens is 663 g/mol. The fourth-order valence-electron chi connectivity index (χ4n) is 7.50. The molecule has 0 aromatic carbocycles. The van der Waals surface area contributed by atoms with Crippen molar-refractivity contribution in [3.8, 4) is 0 Å². The van der Waals surface area contributed by atoms with Crippen LogP contribution in [0.3, 0.4) is 0 Å². The highest BCUT2D eigenvalue weighted by molar-refractivity contribution is 5.76. The number of nitrogens with zero attached hydrogens (tertiary/aromatic N) is 2. The van der Waals surface area contributed by atoms with Crippen molar-refractivity contribution < 1.29 is 9.63 Å². The van der Waals surface area contributed by atoms with Crippen molar-refractivity contribution >= 4 is 5.91 Å². The van der Waals surface area contributed by atoms with Crippen LogP contribution in [0.2, 0.25) is 0 Å². The number of hydrogen-bond acceptors (Lipinski definition) is 4. The number of carbonyl (C=O) groups is 1. The third kappa shape index (κ3) is 35.3. The van der Waals surface area contributed by atoms with Crippen LogP contribution in [0.4, 0.5) is 0 Å². The maximum atomic E-state index is 13.9. The minimum Gasteiger partial charge on any atom is -0.315 e. The maximum absolute atomic E-state index is 13.9. The summed E-state index contributed by atoms with van der Waals surface area (Å²) in [6.07, 6.45) is 50.6. The maximum Gasteiger partial charge on any atom is 0.224 e. The van der Waals surface area contributed by atoms with Gasteiger partial charge in [0.2, 0.25) is 5.91 Å². The molecular formula is C49H97N3O2. The minimum atomic E-state index is -0.185. The van der Waals surface area contributed by atoms with Crippen molar-refractivity contribution in [3.05, 3.63) is 24.3 Å². The molecule has 0 rings (SSSR count). The summed E-state index contributed by atoms with van der Waals surface area (Å²) < 4.78 is 0. The van der Waals surface area contributed by atoms with Gasteiger partial charge in [-0.15, -0.1) is 0 Å². The van der Waals surface area contributed by atoms with E-state index in [1.54, 1.807) is 0 Å². The first-order valence-corrected chi connectivity index (χ1v) is 24.1. The number of hydrogen-bond donors (Lipinski definition) is 1. The van der Waals surface area contributed by atoms with E-state index in [-0.39, 0.29) is 12.1 Å². The van der Waals surface area contributed by atoms with Crippen LogP contribution < -0.4 is 5.48 Å². The molecule has 5 nitrogen and oxygen atoms in total. The molecule has 0 aromatic rings. The predicted octanol–water partition coefficient (Wildman–Crippen LogP) is 14.9. The highest BCUT2D eigenvalue weighted by Crippen LogP contribution is 2.24. The molecule has 0 saturated carbocycles. The summed E-state index contributed by atoms with van der Waals surface area (Å²) in [5.74, 6) is 0.639. The zero-order valence-corrected chi connectivity index (χ0v) is 37.6. The molecule has 320 valence electrons. The molecule has 5 heteroatoms. The normalized spacial score (nSPS) is 13.2. The Morgan fingerprint density at radius 3 is 1.52 bits per heavy atom. The van der Waals surface area contributed by atoms with Gasteiger partial charge in [0.1, 0.15) is 0 Å². The average molecular weight is 760 g/mol. The molecule has 0 bridgehead atoms. The van der Waals surface area contributed by atoms with Gasteiger partial charge in [-0.25, -0.2) is 5.48 Å². The number of amides is 1. The lowest BCUT2D eigenvalue weighted by Gasteiger charge is -2.37. The van der Waals surface area contributed by atoms with Gasteiger partial charge in [0.05, 0.1) is 0 Å². The second-order valence-corrected chi connectivity index (χ2v) is 16.7. The first-order valence-electron chi connectivity index (χ1n) is 24.1. The van der Waals surface area contributed by atoms with Gasteiger partial charge in [-0.2, -0.15) is 0 Å². The van der Waals surface area contributed by atoms with Gasteiger partial charge in [0.25, 0.3) is 0 Å². The number of allylic oxidation sites excluding steroid dienone is 4. The van der Waals surface area contributed by atoms with Crippen LogP contribution in [0, 0.1) is 5.92 Å². The molecule has 0 fully saturated rings. The molecule has 0 heterocycles. The predicted molar refractivity (Wildman–Crippen MR) is 240 cm³/mol. The minimum absolute atomic E-state index is 0.185. The van der Waals surface area contributed by atoms with E-state index in [1.165, 1.54) is 161 Å². The summed E-state index contributed by atoms with van der Waals surface area (Å²) in [6.45, 7) is 11.7. The van der Waals surface area contributed by atoms with E-state index in [2.05, 4.69) is 81.4 Å². The second kappa shape index (κ2) is 43.0. The Morgan fingerprint density at radius 2 is 1.00 bits per heavy atom. The highest BCUT2D eigenvalue weighted by atomic mass is 16.7. The van der Waals surface area contributed by atoms with Crippen LogP contribution >= 0.6 is 0 Å². The smallest absolute Gasteiger partial charge is 0.224 e. The lowest BCUT2D eigenvalue weighted by atomic mass is 9.96. The third-order valence-electron chi connectivity index (χ3n) is 11.2. The SMILES string of the molecule is CCCCC/C=C\CC=CCCCCCCCC(=O)N(CCCN(C)C)C(ONCCCCCCCCCCCCCCCCCC)C(CC)CCCC. The Balaban J connectivity index is 4.58. The van der Waals surface area contributed by atoms with Crippen molar-refractivity contribution in [3.63, 3.8) is 0 Å². The molecule has 0 saturated heterocycles. The summed E-state index contributed by atoms with van der Waals surface area (Å²) in [5.41, 5.74) is 3.37. The zero-order chi connectivity index (χ0) is 39.6. The Hall–Kier alpha value is -1.17. The largest absolute Gasteiger partial charge is 0.315 e. The number of hydroxylamine groups is 1. The van der Waals surface area contributed by atoms with Crippen LogP contribution in [0.25, 0.3) is 0 Å². The molecule has 2 atom stereocenters. The van der Waals surface area contributed by atoms with E-state index in [0.717, 1.165) is 64.6 Å². The molecule has 0 spiro atoms. The van der Waals surface area contributed by atoms with Gasteiger partial charge < -0.3 is 9.80 Å².